The molecule has 90 valence electrons. The van der Waals surface area contributed by atoms with Gasteiger partial charge in [-0.2, -0.15) is 0 Å². The second-order valence-electron chi connectivity index (χ2n) is 3.57. The van der Waals surface area contributed by atoms with E-state index in [2.05, 4.69) is 13.2 Å². The smallest absolute Gasteiger partial charge is 0.106 e. The lowest BCUT2D eigenvalue weighted by Gasteiger charge is -2.10. The highest BCUT2D eigenvalue weighted by Gasteiger charge is 2.15. The van der Waals surface area contributed by atoms with Crippen LogP contribution in [0.5, 0.6) is 0 Å². The molecule has 1 aromatic rings. The number of benzene rings is 1. The van der Waals surface area contributed by atoms with Gasteiger partial charge in [0.05, 0.1) is 15.7 Å². The normalized spacial score (nSPS) is 15.1. The SMILES string of the molecule is C=CC=C([C@H](O)C=C)[S@@](=O)c1ccc(C)cc1. The maximum atomic E-state index is 12.2. The lowest BCUT2D eigenvalue weighted by Crippen LogP contribution is -2.11. The van der Waals surface area contributed by atoms with Crippen LogP contribution in [0.1, 0.15) is 5.56 Å². The van der Waals surface area contributed by atoms with E-state index in [4.69, 9.17) is 0 Å². The summed E-state index contributed by atoms with van der Waals surface area (Å²) in [4.78, 5) is 1.04. The van der Waals surface area contributed by atoms with Crippen LogP contribution in [-0.2, 0) is 10.8 Å². The van der Waals surface area contributed by atoms with Gasteiger partial charge in [-0.05, 0) is 25.1 Å². The molecule has 0 spiro atoms. The number of allylic oxidation sites excluding steroid dienone is 2. The fraction of sp³-hybridized carbons (Fsp3) is 0.143. The van der Waals surface area contributed by atoms with Crippen LogP contribution in [0.15, 0.2) is 65.5 Å². The highest BCUT2D eigenvalue weighted by atomic mass is 32.2. The Morgan fingerprint density at radius 3 is 2.41 bits per heavy atom. The van der Waals surface area contributed by atoms with Gasteiger partial charge in [0.15, 0.2) is 0 Å². The lowest BCUT2D eigenvalue weighted by molar-refractivity contribution is 0.267. The van der Waals surface area contributed by atoms with Crippen LogP contribution in [0.25, 0.3) is 0 Å². The molecule has 1 rings (SSSR count). The monoisotopic (exact) mass is 248 g/mol. The maximum absolute atomic E-state index is 12.2. The summed E-state index contributed by atoms with van der Waals surface area (Å²) in [6.07, 6.45) is 3.49. The van der Waals surface area contributed by atoms with Crippen molar-refractivity contribution in [1.29, 1.82) is 0 Å². The number of aryl methyl sites for hydroxylation is 1. The molecule has 0 aromatic heterocycles. The van der Waals surface area contributed by atoms with Crippen molar-refractivity contribution in [2.75, 3.05) is 0 Å². The third-order valence-electron chi connectivity index (χ3n) is 2.25. The van der Waals surface area contributed by atoms with E-state index in [-0.39, 0.29) is 0 Å². The highest BCUT2D eigenvalue weighted by molar-refractivity contribution is 7.89. The first-order valence-corrected chi connectivity index (χ1v) is 6.36. The average molecular weight is 248 g/mol. The van der Waals surface area contributed by atoms with Gasteiger partial charge in [-0.1, -0.05) is 36.4 Å². The van der Waals surface area contributed by atoms with Gasteiger partial charge in [0, 0.05) is 4.90 Å². The molecule has 0 saturated heterocycles. The second kappa shape index (κ2) is 6.33. The standard InChI is InChI=1S/C14H16O2S/c1-4-6-14(13(15)5-2)17(16)12-9-7-11(3)8-10-12/h4-10,13,15H,1-2H2,3H3/t13-,17+/m1/s1. The van der Waals surface area contributed by atoms with Gasteiger partial charge in [-0.15, -0.1) is 6.58 Å². The molecule has 0 radical (unpaired) electrons. The predicted molar refractivity (Wildman–Crippen MR) is 72.1 cm³/mol. The average Bonchev–Trinajstić information content (AvgIpc) is 2.35. The molecular weight excluding hydrogens is 232 g/mol. The zero-order chi connectivity index (χ0) is 12.8. The summed E-state index contributed by atoms with van der Waals surface area (Å²) in [5, 5.41) is 9.71. The van der Waals surface area contributed by atoms with Crippen LogP contribution >= 0.6 is 0 Å². The topological polar surface area (TPSA) is 37.3 Å². The molecule has 0 aliphatic carbocycles. The number of aliphatic hydroxyl groups excluding tert-OH is 1. The van der Waals surface area contributed by atoms with Gasteiger partial charge in [0.25, 0.3) is 0 Å². The van der Waals surface area contributed by atoms with Gasteiger partial charge >= 0.3 is 0 Å². The summed E-state index contributed by atoms with van der Waals surface area (Å²) in [6.45, 7) is 9.01. The third-order valence-corrected chi connectivity index (χ3v) is 3.75. The zero-order valence-electron chi connectivity index (χ0n) is 9.80. The Balaban J connectivity index is 3.08. The third kappa shape index (κ3) is 3.51. The molecule has 2 nitrogen and oxygen atoms in total. The van der Waals surface area contributed by atoms with Crippen LogP contribution in [0.3, 0.4) is 0 Å². The van der Waals surface area contributed by atoms with Crippen molar-refractivity contribution in [2.24, 2.45) is 0 Å². The van der Waals surface area contributed by atoms with Crippen molar-refractivity contribution in [3.8, 4) is 0 Å². The first-order chi connectivity index (χ1) is 8.10. The molecule has 17 heavy (non-hydrogen) atoms. The largest absolute Gasteiger partial charge is 0.384 e. The van der Waals surface area contributed by atoms with Crippen molar-refractivity contribution < 1.29 is 9.32 Å². The lowest BCUT2D eigenvalue weighted by atomic mass is 10.2. The van der Waals surface area contributed by atoms with E-state index >= 15 is 0 Å². The van der Waals surface area contributed by atoms with E-state index in [1.54, 1.807) is 18.2 Å². The summed E-state index contributed by atoms with van der Waals surface area (Å²) in [5.41, 5.74) is 1.10. The molecule has 1 N–H and O–H groups in total. The Bertz CT molecular complexity index is 458. The van der Waals surface area contributed by atoms with Gasteiger partial charge in [-0.3, -0.25) is 0 Å². The minimum atomic E-state index is -1.39. The summed E-state index contributed by atoms with van der Waals surface area (Å²) in [7, 11) is -1.39. The molecule has 2 atom stereocenters. The minimum absolute atomic E-state index is 0.388. The Morgan fingerprint density at radius 1 is 1.35 bits per heavy atom. The van der Waals surface area contributed by atoms with E-state index in [1.165, 1.54) is 12.2 Å². The van der Waals surface area contributed by atoms with Crippen molar-refractivity contribution >= 4 is 10.8 Å². The molecule has 0 saturated carbocycles. The molecule has 0 aliphatic heterocycles. The number of aliphatic hydroxyl groups is 1. The van der Waals surface area contributed by atoms with Gasteiger partial charge < -0.3 is 5.11 Å². The summed E-state index contributed by atoms with van der Waals surface area (Å²) in [6, 6.07) is 7.36. The van der Waals surface area contributed by atoms with E-state index in [1.807, 2.05) is 19.1 Å². The van der Waals surface area contributed by atoms with E-state index < -0.39 is 16.9 Å². The van der Waals surface area contributed by atoms with Crippen LogP contribution in [0.4, 0.5) is 0 Å². The summed E-state index contributed by atoms with van der Waals surface area (Å²) < 4.78 is 12.2. The number of rotatable bonds is 5. The van der Waals surface area contributed by atoms with E-state index in [0.29, 0.717) is 9.80 Å². The zero-order valence-corrected chi connectivity index (χ0v) is 10.6. The number of hydrogen-bond acceptors (Lipinski definition) is 2. The molecule has 0 amide bonds. The van der Waals surface area contributed by atoms with Crippen LogP contribution < -0.4 is 0 Å². The molecule has 0 unspecified atom stereocenters. The quantitative estimate of drug-likeness (QED) is 0.642. The van der Waals surface area contributed by atoms with Crippen LogP contribution in [0, 0.1) is 6.92 Å². The van der Waals surface area contributed by atoms with Crippen LogP contribution in [0.2, 0.25) is 0 Å². The van der Waals surface area contributed by atoms with Gasteiger partial charge in [-0.25, -0.2) is 4.21 Å². The minimum Gasteiger partial charge on any atom is -0.384 e. The number of hydrogen-bond donors (Lipinski definition) is 1. The van der Waals surface area contributed by atoms with Crippen molar-refractivity contribution in [3.05, 3.63) is 66.1 Å². The molecule has 3 heteroatoms. The maximum Gasteiger partial charge on any atom is 0.106 e. The Morgan fingerprint density at radius 2 is 1.94 bits per heavy atom. The molecule has 0 aliphatic rings. The first kappa shape index (κ1) is 13.6. The Kier molecular flexibility index (Phi) is 5.07. The van der Waals surface area contributed by atoms with Crippen molar-refractivity contribution in [2.45, 2.75) is 17.9 Å². The Labute approximate surface area is 104 Å². The second-order valence-corrected chi connectivity index (χ2v) is 5.05. The Hall–Kier alpha value is -1.45. The fourth-order valence-electron chi connectivity index (χ4n) is 1.30. The van der Waals surface area contributed by atoms with Gasteiger partial charge in [0.2, 0.25) is 0 Å². The van der Waals surface area contributed by atoms with E-state index in [9.17, 15) is 9.32 Å². The van der Waals surface area contributed by atoms with Crippen molar-refractivity contribution in [1.82, 2.24) is 0 Å². The summed E-state index contributed by atoms with van der Waals surface area (Å²) in [5.74, 6) is 0. The van der Waals surface area contributed by atoms with Gasteiger partial charge in [0.1, 0.15) is 6.10 Å². The molecular formula is C14H16O2S. The fourth-order valence-corrected chi connectivity index (χ4v) is 2.49. The van der Waals surface area contributed by atoms with Crippen LogP contribution in [-0.4, -0.2) is 15.4 Å². The highest BCUT2D eigenvalue weighted by Crippen LogP contribution is 2.18. The predicted octanol–water partition coefficient (Wildman–Crippen LogP) is 2.72. The van der Waals surface area contributed by atoms with Crippen molar-refractivity contribution in [3.63, 3.8) is 0 Å². The first-order valence-electron chi connectivity index (χ1n) is 5.21. The molecule has 0 fully saturated rings. The molecule has 1 aromatic carbocycles. The summed E-state index contributed by atoms with van der Waals surface area (Å²) >= 11 is 0. The molecule has 0 heterocycles. The molecule has 0 bridgehead atoms. The van der Waals surface area contributed by atoms with E-state index in [0.717, 1.165) is 5.56 Å².